The molecule has 8 heteroatoms. The summed E-state index contributed by atoms with van der Waals surface area (Å²) in [5.41, 5.74) is 3.57. The van der Waals surface area contributed by atoms with Crippen LogP contribution in [0.15, 0.2) is 119 Å². The van der Waals surface area contributed by atoms with Gasteiger partial charge in [0.15, 0.2) is 0 Å². The summed E-state index contributed by atoms with van der Waals surface area (Å²) in [6, 6.07) is 24.2. The van der Waals surface area contributed by atoms with Crippen molar-refractivity contribution in [2.24, 2.45) is 0 Å². The molecule has 0 aliphatic carbocycles. The lowest BCUT2D eigenvalue weighted by Crippen LogP contribution is -2.34. The summed E-state index contributed by atoms with van der Waals surface area (Å²) in [6.45, 7) is 6.28. The van der Waals surface area contributed by atoms with Crippen LogP contribution in [0.25, 0.3) is 10.9 Å². The van der Waals surface area contributed by atoms with E-state index in [2.05, 4.69) is 6.58 Å². The van der Waals surface area contributed by atoms with E-state index in [0.717, 1.165) is 22.1 Å². The molecule has 0 saturated carbocycles. The molecule has 0 fully saturated rings. The maximum absolute atomic E-state index is 13.9. The number of sulfonamides is 1. The van der Waals surface area contributed by atoms with Crippen molar-refractivity contribution in [3.8, 4) is 0 Å². The average Bonchev–Trinajstić information content (AvgIpc) is 3.26. The summed E-state index contributed by atoms with van der Waals surface area (Å²) in [6.07, 6.45) is 2.61. The number of benzene rings is 3. The van der Waals surface area contributed by atoms with Crippen molar-refractivity contribution in [2.45, 2.75) is 29.6 Å². The zero-order valence-corrected chi connectivity index (χ0v) is 22.2. The highest BCUT2D eigenvalue weighted by molar-refractivity contribution is 7.90. The van der Waals surface area contributed by atoms with E-state index >= 15 is 0 Å². The van der Waals surface area contributed by atoms with Crippen LogP contribution < -0.4 is 0 Å². The van der Waals surface area contributed by atoms with Gasteiger partial charge in [-0.05, 0) is 54.8 Å². The second-order valence-electron chi connectivity index (χ2n) is 9.14. The van der Waals surface area contributed by atoms with Crippen molar-refractivity contribution in [1.82, 2.24) is 8.28 Å². The highest BCUT2D eigenvalue weighted by atomic mass is 32.2. The Bertz CT molecular complexity index is 1720. The zero-order valence-electron chi connectivity index (χ0n) is 20.5. The molecule has 6 nitrogen and oxygen atoms in total. The van der Waals surface area contributed by atoms with Gasteiger partial charge in [-0.25, -0.2) is 20.8 Å². The van der Waals surface area contributed by atoms with Crippen LogP contribution in [-0.2, 0) is 32.9 Å². The van der Waals surface area contributed by atoms with Gasteiger partial charge in [0.1, 0.15) is 0 Å². The summed E-state index contributed by atoms with van der Waals surface area (Å²) in [7, 11) is -7.67. The maximum atomic E-state index is 13.9. The maximum Gasteiger partial charge on any atom is 0.268 e. The molecule has 3 aromatic carbocycles. The topological polar surface area (TPSA) is 76.5 Å². The van der Waals surface area contributed by atoms with Gasteiger partial charge in [0.05, 0.1) is 15.3 Å². The van der Waals surface area contributed by atoms with Gasteiger partial charge in [0.25, 0.3) is 10.0 Å². The van der Waals surface area contributed by atoms with Crippen LogP contribution >= 0.6 is 0 Å². The molecule has 5 rings (SSSR count). The number of hydrogen-bond acceptors (Lipinski definition) is 4. The third-order valence-electron chi connectivity index (χ3n) is 6.75. The first kappa shape index (κ1) is 25.2. The van der Waals surface area contributed by atoms with Crippen LogP contribution in [0.3, 0.4) is 0 Å². The van der Waals surface area contributed by atoms with Crippen LogP contribution in [0.2, 0.25) is 0 Å². The number of aromatic nitrogens is 1. The number of allylic oxidation sites excluding steroid dienone is 1. The van der Waals surface area contributed by atoms with Gasteiger partial charge in [-0.15, -0.1) is 0 Å². The molecule has 0 N–H and O–H groups in total. The van der Waals surface area contributed by atoms with E-state index in [1.165, 1.54) is 8.28 Å². The molecule has 37 heavy (non-hydrogen) atoms. The summed E-state index contributed by atoms with van der Waals surface area (Å²) in [4.78, 5) is 0.431. The van der Waals surface area contributed by atoms with Gasteiger partial charge >= 0.3 is 0 Å². The third-order valence-corrected chi connectivity index (χ3v) is 10.4. The quantitative estimate of drug-likeness (QED) is 0.355. The number of fused-ring (bicyclic) bond motifs is 3. The predicted molar refractivity (Wildman–Crippen MR) is 146 cm³/mol. The highest BCUT2D eigenvalue weighted by Gasteiger charge is 2.30. The molecule has 1 aliphatic heterocycles. The second-order valence-corrected chi connectivity index (χ2v) is 12.9. The fourth-order valence-corrected chi connectivity index (χ4v) is 7.88. The van der Waals surface area contributed by atoms with E-state index in [-0.39, 0.29) is 22.9 Å². The summed E-state index contributed by atoms with van der Waals surface area (Å²) >= 11 is 0. The molecule has 0 saturated heterocycles. The summed E-state index contributed by atoms with van der Waals surface area (Å²) in [5.74, 6) is 0. The van der Waals surface area contributed by atoms with Crippen molar-refractivity contribution < 1.29 is 16.8 Å². The van der Waals surface area contributed by atoms with Gasteiger partial charge in [0, 0.05) is 30.6 Å². The first-order chi connectivity index (χ1) is 17.7. The molecule has 0 radical (unpaired) electrons. The Morgan fingerprint density at radius 3 is 1.97 bits per heavy atom. The Morgan fingerprint density at radius 1 is 0.784 bits per heavy atom. The number of nitrogens with zero attached hydrogens (tertiary/aromatic N) is 2. The normalized spacial score (nSPS) is 16.7. The molecule has 0 spiro atoms. The molecular weight excluding hydrogens is 504 g/mol. The molecule has 0 amide bonds. The van der Waals surface area contributed by atoms with Gasteiger partial charge in [0.2, 0.25) is 10.0 Å². The molecule has 190 valence electrons. The first-order valence-electron chi connectivity index (χ1n) is 12.0. The lowest BCUT2D eigenvalue weighted by molar-refractivity contribution is 0.440. The van der Waals surface area contributed by atoms with Gasteiger partial charge in [-0.1, -0.05) is 72.8 Å². The molecule has 2 heterocycles. The molecule has 0 bridgehead atoms. The molecule has 0 atom stereocenters. The molecule has 1 aromatic heterocycles. The number of para-hydroxylation sites is 1. The zero-order chi connectivity index (χ0) is 26.2. The fraction of sp³-hybridized carbons (Fsp3) is 0.172. The van der Waals surface area contributed by atoms with Crippen LogP contribution in [-0.4, -0.2) is 38.2 Å². The van der Waals surface area contributed by atoms with Gasteiger partial charge < -0.3 is 0 Å². The average molecular weight is 533 g/mol. The monoisotopic (exact) mass is 532 g/mol. The first-order valence-corrected chi connectivity index (χ1v) is 14.9. The van der Waals surface area contributed by atoms with E-state index in [4.69, 9.17) is 0 Å². The molecule has 4 aromatic rings. The number of rotatable bonds is 5. The van der Waals surface area contributed by atoms with Crippen LogP contribution in [0.1, 0.15) is 18.2 Å². The Balaban J connectivity index is 1.71. The molecule has 1 aliphatic rings. The van der Waals surface area contributed by atoms with Crippen molar-refractivity contribution >= 4 is 30.9 Å². The smallest absolute Gasteiger partial charge is 0.237 e. The van der Waals surface area contributed by atoms with E-state index in [0.29, 0.717) is 24.1 Å². The summed E-state index contributed by atoms with van der Waals surface area (Å²) in [5, 5.41) is 0.807. The molecular formula is C29H28N2O4S2. The Kier molecular flexibility index (Phi) is 6.66. The Hall–Kier alpha value is -3.46. The lowest BCUT2D eigenvalue weighted by Gasteiger charge is -2.23. The lowest BCUT2D eigenvalue weighted by atomic mass is 10.0. The molecule has 0 unspecified atom stereocenters. The van der Waals surface area contributed by atoms with Crippen molar-refractivity contribution in [3.05, 3.63) is 120 Å². The van der Waals surface area contributed by atoms with E-state index < -0.39 is 20.0 Å². The fourth-order valence-electron chi connectivity index (χ4n) is 4.83. The van der Waals surface area contributed by atoms with Crippen molar-refractivity contribution in [1.29, 1.82) is 0 Å². The predicted octanol–water partition coefficient (Wildman–Crippen LogP) is 5.17. The van der Waals surface area contributed by atoms with Crippen LogP contribution in [0.4, 0.5) is 0 Å². The SMILES string of the molecule is C=C(C)/C1=C/Cc2c(c3ccccc3n2S(=O)(=O)c2ccccc2)CCN(S(=O)(=O)c2ccccc2)C1. The van der Waals surface area contributed by atoms with Gasteiger partial charge in [-0.2, -0.15) is 4.31 Å². The Labute approximate surface area is 218 Å². The van der Waals surface area contributed by atoms with Crippen LogP contribution in [0.5, 0.6) is 0 Å². The summed E-state index contributed by atoms with van der Waals surface area (Å²) < 4.78 is 58.0. The van der Waals surface area contributed by atoms with E-state index in [1.54, 1.807) is 66.7 Å². The van der Waals surface area contributed by atoms with Crippen molar-refractivity contribution in [2.75, 3.05) is 13.1 Å². The van der Waals surface area contributed by atoms with Crippen molar-refractivity contribution in [3.63, 3.8) is 0 Å². The second kappa shape index (κ2) is 9.78. The minimum Gasteiger partial charge on any atom is -0.237 e. The largest absolute Gasteiger partial charge is 0.268 e. The highest BCUT2D eigenvalue weighted by Crippen LogP contribution is 2.33. The standard InChI is InChI=1S/C29H28N2O4S2/c1-22(2)23-17-18-29-27(19-20-30(21-23)36(32,33)24-11-5-3-6-12-24)26-15-9-10-16-28(26)31(29)37(34,35)25-13-7-4-8-14-25/h3-17H,1,18-21H2,2H3/b23-17+. The van der Waals surface area contributed by atoms with E-state index in [9.17, 15) is 16.8 Å². The minimum absolute atomic E-state index is 0.167. The minimum atomic E-state index is -3.89. The van der Waals surface area contributed by atoms with Crippen LogP contribution in [0, 0.1) is 0 Å². The number of hydrogen-bond donors (Lipinski definition) is 0. The Morgan fingerprint density at radius 2 is 1.35 bits per heavy atom. The van der Waals surface area contributed by atoms with Gasteiger partial charge in [-0.3, -0.25) is 0 Å². The van der Waals surface area contributed by atoms with E-state index in [1.807, 2.05) is 31.2 Å². The third kappa shape index (κ3) is 4.56.